The van der Waals surface area contributed by atoms with Crippen molar-refractivity contribution in [2.45, 2.75) is 25.2 Å². The second-order valence-corrected chi connectivity index (χ2v) is 9.30. The summed E-state index contributed by atoms with van der Waals surface area (Å²) in [5, 5.41) is 3.69. The highest BCUT2D eigenvalue weighted by molar-refractivity contribution is 6.31. The van der Waals surface area contributed by atoms with E-state index in [1.807, 2.05) is 54.6 Å². The van der Waals surface area contributed by atoms with E-state index in [-0.39, 0.29) is 17.9 Å². The summed E-state index contributed by atoms with van der Waals surface area (Å²) >= 11 is 6.31. The molecular weight excluding hydrogens is 438 g/mol. The van der Waals surface area contributed by atoms with Crippen LogP contribution in [-0.2, 0) is 20.9 Å². The smallest absolute Gasteiger partial charge is 0.230 e. The average Bonchev–Trinajstić information content (AvgIpc) is 3.47. The molecule has 2 amide bonds. The predicted octanol–water partition coefficient (Wildman–Crippen LogP) is 3.26. The number of fused-ring (bicyclic) bond motifs is 1. The van der Waals surface area contributed by atoms with Crippen LogP contribution in [0.15, 0.2) is 66.7 Å². The molecule has 33 heavy (non-hydrogen) atoms. The van der Waals surface area contributed by atoms with Crippen molar-refractivity contribution in [2.24, 2.45) is 11.8 Å². The van der Waals surface area contributed by atoms with Gasteiger partial charge in [-0.15, -0.1) is 0 Å². The highest BCUT2D eigenvalue weighted by Crippen LogP contribution is 2.52. The lowest BCUT2D eigenvalue weighted by Gasteiger charge is -2.26. The minimum atomic E-state index is -0.718. The number of nitrogens with zero attached hydrogens (tertiary/aromatic N) is 2. The van der Waals surface area contributed by atoms with Gasteiger partial charge in [0.2, 0.25) is 11.8 Å². The summed E-state index contributed by atoms with van der Waals surface area (Å²) in [7, 11) is 0. The van der Waals surface area contributed by atoms with Gasteiger partial charge in [-0.3, -0.25) is 9.59 Å². The van der Waals surface area contributed by atoms with Crippen molar-refractivity contribution >= 4 is 29.1 Å². The number of likely N-dealkylation sites (tertiary alicyclic amines) is 1. The molecule has 3 aliphatic rings. The molecule has 172 valence electrons. The fraction of sp³-hybridized carbons (Fsp3) is 0.385. The van der Waals surface area contributed by atoms with Crippen LogP contribution in [0.5, 0.6) is 0 Å². The normalized spacial score (nSPS) is 27.2. The third-order valence-electron chi connectivity index (χ3n) is 6.98. The lowest BCUT2D eigenvalue weighted by molar-refractivity contribution is -0.137. The minimum Gasteiger partial charge on any atom is -0.370 e. The lowest BCUT2D eigenvalue weighted by atomic mass is 9.77. The van der Waals surface area contributed by atoms with Gasteiger partial charge >= 0.3 is 0 Å². The molecule has 2 bridgehead atoms. The van der Waals surface area contributed by atoms with Gasteiger partial charge in [0.1, 0.15) is 5.60 Å². The van der Waals surface area contributed by atoms with Gasteiger partial charge in [-0.05, 0) is 30.7 Å². The summed E-state index contributed by atoms with van der Waals surface area (Å²) in [4.78, 5) is 30.6. The Morgan fingerprint density at radius 3 is 2.73 bits per heavy atom. The van der Waals surface area contributed by atoms with Crippen molar-refractivity contribution in [2.75, 3.05) is 31.1 Å². The molecule has 2 fully saturated rings. The van der Waals surface area contributed by atoms with Crippen LogP contribution < -0.4 is 10.2 Å². The van der Waals surface area contributed by atoms with Crippen molar-refractivity contribution in [1.82, 2.24) is 10.2 Å². The van der Waals surface area contributed by atoms with Crippen molar-refractivity contribution < 1.29 is 14.3 Å². The zero-order chi connectivity index (χ0) is 23.0. The van der Waals surface area contributed by atoms with Crippen molar-refractivity contribution in [3.05, 3.63) is 77.3 Å². The number of hydrogen-bond acceptors (Lipinski definition) is 4. The molecule has 7 heteroatoms. The van der Waals surface area contributed by atoms with Gasteiger partial charge in [0.15, 0.2) is 0 Å². The Morgan fingerprint density at radius 2 is 1.97 bits per heavy atom. The molecule has 2 aromatic carbocycles. The molecule has 1 N–H and O–H groups in total. The molecule has 2 aromatic rings. The van der Waals surface area contributed by atoms with Gasteiger partial charge in [-0.1, -0.05) is 60.2 Å². The van der Waals surface area contributed by atoms with Gasteiger partial charge in [0.25, 0.3) is 0 Å². The predicted molar refractivity (Wildman–Crippen MR) is 128 cm³/mol. The van der Waals surface area contributed by atoms with Gasteiger partial charge in [0, 0.05) is 36.9 Å². The van der Waals surface area contributed by atoms with Gasteiger partial charge < -0.3 is 19.9 Å². The molecular formula is C26H28ClN3O3. The van der Waals surface area contributed by atoms with Gasteiger partial charge in [0.05, 0.1) is 24.5 Å². The highest BCUT2D eigenvalue weighted by Gasteiger charge is 2.66. The maximum atomic E-state index is 13.4. The van der Waals surface area contributed by atoms with E-state index in [1.54, 1.807) is 4.90 Å². The number of nitrogens with one attached hydrogen (secondary N) is 1. The molecule has 5 rings (SSSR count). The van der Waals surface area contributed by atoms with E-state index in [0.29, 0.717) is 31.2 Å². The Balaban J connectivity index is 1.25. The number of amides is 2. The SMILES string of the molecule is CCN(CCNC(=O)[C@H]1[C@H]2C=C[C@@]3(CN(Cc4ccccc4Cl)C(=O)[C@@H]13)O2)c1ccccc1. The Morgan fingerprint density at radius 1 is 1.21 bits per heavy atom. The first-order chi connectivity index (χ1) is 16.0. The van der Waals surface area contributed by atoms with Crippen LogP contribution in [-0.4, -0.2) is 54.6 Å². The Labute approximate surface area is 199 Å². The van der Waals surface area contributed by atoms with Crippen molar-refractivity contribution in [3.8, 4) is 0 Å². The summed E-state index contributed by atoms with van der Waals surface area (Å²) in [5.41, 5.74) is 1.30. The number of halogens is 1. The summed E-state index contributed by atoms with van der Waals surface area (Å²) in [5.74, 6) is -1.16. The fourth-order valence-electron chi connectivity index (χ4n) is 5.38. The van der Waals surface area contributed by atoms with E-state index < -0.39 is 17.4 Å². The van der Waals surface area contributed by atoms with Crippen LogP contribution in [0.25, 0.3) is 0 Å². The standard InChI is InChI=1S/C26H28ClN3O3/c1-2-29(19-9-4-3-5-10-19)15-14-28-24(31)22-21-12-13-26(33-21)17-30(25(32)23(22)26)16-18-8-6-7-11-20(18)27/h3-13,21-23H,2,14-17H2,1H3,(H,28,31)/t21-,22+,23-,26+/m1/s1. The summed E-state index contributed by atoms with van der Waals surface area (Å²) < 4.78 is 6.23. The van der Waals surface area contributed by atoms with E-state index >= 15 is 0 Å². The van der Waals surface area contributed by atoms with Crippen LogP contribution in [0.4, 0.5) is 5.69 Å². The van der Waals surface area contributed by atoms with E-state index in [0.717, 1.165) is 17.8 Å². The lowest BCUT2D eigenvalue weighted by Crippen LogP contribution is -2.45. The Bertz CT molecular complexity index is 1080. The number of carbonyl (C=O) groups excluding carboxylic acids is 2. The van der Waals surface area contributed by atoms with Gasteiger partial charge in [-0.25, -0.2) is 0 Å². The molecule has 3 aliphatic heterocycles. The number of likely N-dealkylation sites (N-methyl/N-ethyl adjacent to an activating group) is 1. The zero-order valence-electron chi connectivity index (χ0n) is 18.6. The first kappa shape index (κ1) is 22.0. The third-order valence-corrected chi connectivity index (χ3v) is 7.35. The first-order valence-electron chi connectivity index (χ1n) is 11.5. The summed E-state index contributed by atoms with van der Waals surface area (Å²) in [6.07, 6.45) is 3.57. The molecule has 0 unspecified atom stereocenters. The second-order valence-electron chi connectivity index (χ2n) is 8.89. The Kier molecular flexibility index (Phi) is 5.89. The Hall–Kier alpha value is -2.83. The number of benzene rings is 2. The van der Waals surface area contributed by atoms with E-state index in [2.05, 4.69) is 29.3 Å². The molecule has 3 heterocycles. The van der Waals surface area contributed by atoms with Crippen LogP contribution in [0, 0.1) is 11.8 Å². The van der Waals surface area contributed by atoms with E-state index in [1.165, 1.54) is 0 Å². The number of anilines is 1. The highest BCUT2D eigenvalue weighted by atomic mass is 35.5. The third kappa shape index (κ3) is 3.91. The molecule has 1 spiro atoms. The van der Waals surface area contributed by atoms with Crippen LogP contribution in [0.2, 0.25) is 5.02 Å². The molecule has 2 saturated heterocycles. The zero-order valence-corrected chi connectivity index (χ0v) is 19.4. The van der Waals surface area contributed by atoms with E-state index in [4.69, 9.17) is 16.3 Å². The maximum absolute atomic E-state index is 13.4. The molecule has 0 aliphatic carbocycles. The molecule has 0 aromatic heterocycles. The average molecular weight is 466 g/mol. The number of carbonyl (C=O) groups is 2. The van der Waals surface area contributed by atoms with Crippen molar-refractivity contribution in [3.63, 3.8) is 0 Å². The molecule has 6 nitrogen and oxygen atoms in total. The molecule has 0 radical (unpaired) electrons. The summed E-state index contributed by atoms with van der Waals surface area (Å²) in [6.45, 7) is 5.00. The van der Waals surface area contributed by atoms with E-state index in [9.17, 15) is 9.59 Å². The van der Waals surface area contributed by atoms with Crippen LogP contribution in [0.1, 0.15) is 12.5 Å². The fourth-order valence-corrected chi connectivity index (χ4v) is 5.58. The number of hydrogen-bond donors (Lipinski definition) is 1. The number of ether oxygens (including phenoxy) is 1. The first-order valence-corrected chi connectivity index (χ1v) is 11.9. The number of rotatable bonds is 8. The maximum Gasteiger partial charge on any atom is 0.230 e. The minimum absolute atomic E-state index is 0.0404. The van der Waals surface area contributed by atoms with Crippen molar-refractivity contribution in [1.29, 1.82) is 0 Å². The van der Waals surface area contributed by atoms with Crippen LogP contribution >= 0.6 is 11.6 Å². The summed E-state index contributed by atoms with van der Waals surface area (Å²) in [6, 6.07) is 17.7. The number of para-hydroxylation sites is 1. The molecule has 0 saturated carbocycles. The monoisotopic (exact) mass is 465 g/mol. The quantitative estimate of drug-likeness (QED) is 0.608. The largest absolute Gasteiger partial charge is 0.370 e. The molecule has 4 atom stereocenters. The van der Waals surface area contributed by atoms with Gasteiger partial charge in [-0.2, -0.15) is 0 Å². The topological polar surface area (TPSA) is 61.9 Å². The van der Waals surface area contributed by atoms with Crippen LogP contribution in [0.3, 0.4) is 0 Å². The second kappa shape index (κ2) is 8.84.